The van der Waals surface area contributed by atoms with E-state index < -0.39 is 29.1 Å². The Kier molecular flexibility index (Phi) is 8.92. The minimum Gasteiger partial charge on any atom is -0.505 e. The first-order chi connectivity index (χ1) is 12.7. The van der Waals surface area contributed by atoms with Gasteiger partial charge >= 0.3 is 6.18 Å². The predicted molar refractivity (Wildman–Crippen MR) is 107 cm³/mol. The maximum Gasteiger partial charge on any atom is 0.416 e. The van der Waals surface area contributed by atoms with Crippen molar-refractivity contribution in [1.82, 2.24) is 10.6 Å². The van der Waals surface area contributed by atoms with Crippen LogP contribution in [0.4, 0.5) is 22.0 Å². The van der Waals surface area contributed by atoms with Gasteiger partial charge in [-0.05, 0) is 42.3 Å². The maximum atomic E-state index is 13.3. The van der Waals surface area contributed by atoms with Crippen LogP contribution in [-0.4, -0.2) is 17.6 Å². The zero-order chi connectivity index (χ0) is 20.0. The summed E-state index contributed by atoms with van der Waals surface area (Å²) in [6, 6.07) is 6.24. The summed E-state index contributed by atoms with van der Waals surface area (Å²) < 4.78 is 65.6. The molecule has 0 radical (unpaired) electrons. The van der Waals surface area contributed by atoms with Gasteiger partial charge in [-0.3, -0.25) is 0 Å². The summed E-state index contributed by atoms with van der Waals surface area (Å²) in [5.41, 5.74) is -0.725. The number of rotatable bonds is 5. The van der Waals surface area contributed by atoms with Gasteiger partial charge in [0.1, 0.15) is 5.82 Å². The monoisotopic (exact) mass is 515 g/mol. The zero-order valence-corrected chi connectivity index (χ0v) is 17.1. The number of guanidine groups is 1. The number of nitrogens with one attached hydrogen (secondary N) is 2. The molecule has 0 aliphatic heterocycles. The molecular formula is C18H19F5IN3O. The Hall–Kier alpha value is -2.11. The van der Waals surface area contributed by atoms with Crippen molar-refractivity contribution < 1.29 is 27.1 Å². The number of benzene rings is 2. The van der Waals surface area contributed by atoms with Crippen LogP contribution in [0.3, 0.4) is 0 Å². The van der Waals surface area contributed by atoms with Gasteiger partial charge in [0.05, 0.1) is 12.1 Å². The van der Waals surface area contributed by atoms with E-state index in [1.165, 1.54) is 12.1 Å². The Labute approximate surface area is 175 Å². The van der Waals surface area contributed by atoms with Crippen LogP contribution in [0.25, 0.3) is 0 Å². The second-order valence-corrected chi connectivity index (χ2v) is 5.63. The van der Waals surface area contributed by atoms with Crippen LogP contribution in [0.5, 0.6) is 5.75 Å². The van der Waals surface area contributed by atoms with Crippen molar-refractivity contribution in [1.29, 1.82) is 0 Å². The summed E-state index contributed by atoms with van der Waals surface area (Å²) in [5.74, 6) is -2.03. The highest BCUT2D eigenvalue weighted by atomic mass is 127. The van der Waals surface area contributed by atoms with Crippen LogP contribution >= 0.6 is 24.0 Å². The molecule has 0 spiro atoms. The van der Waals surface area contributed by atoms with Gasteiger partial charge in [0.25, 0.3) is 0 Å². The molecule has 0 amide bonds. The molecule has 0 aromatic heterocycles. The lowest BCUT2D eigenvalue weighted by Gasteiger charge is -2.16. The highest BCUT2D eigenvalue weighted by Crippen LogP contribution is 2.32. The molecule has 2 rings (SSSR count). The summed E-state index contributed by atoms with van der Waals surface area (Å²) in [6.45, 7) is 2.04. The minimum atomic E-state index is -4.68. The highest BCUT2D eigenvalue weighted by Gasteiger charge is 2.33. The van der Waals surface area contributed by atoms with E-state index in [0.717, 1.165) is 18.2 Å². The number of aromatic hydroxyl groups is 1. The quantitative estimate of drug-likeness (QED) is 0.237. The standard InChI is InChI=1S/C18H18F5N3O.HI/c1-2-24-17(25-9-11-3-6-16(27)15(20)7-11)26-10-12-4-5-13(19)8-14(12)18(21,22)23;/h3-8,27H,2,9-10H2,1H3,(H2,24,25,26);1H. The number of hydrogen-bond acceptors (Lipinski definition) is 2. The van der Waals surface area contributed by atoms with E-state index in [1.54, 1.807) is 6.92 Å². The average Bonchev–Trinajstić information content (AvgIpc) is 2.60. The van der Waals surface area contributed by atoms with Crippen LogP contribution in [0.2, 0.25) is 0 Å². The lowest BCUT2D eigenvalue weighted by Crippen LogP contribution is -2.37. The van der Waals surface area contributed by atoms with E-state index in [2.05, 4.69) is 15.6 Å². The number of alkyl halides is 3. The van der Waals surface area contributed by atoms with E-state index >= 15 is 0 Å². The molecule has 0 saturated heterocycles. The molecule has 0 bridgehead atoms. The second kappa shape index (κ2) is 10.4. The molecule has 2 aromatic carbocycles. The average molecular weight is 515 g/mol. The summed E-state index contributed by atoms with van der Waals surface area (Å²) in [5, 5.41) is 14.8. The molecule has 0 atom stereocenters. The van der Waals surface area contributed by atoms with E-state index in [4.69, 9.17) is 0 Å². The largest absolute Gasteiger partial charge is 0.505 e. The summed E-state index contributed by atoms with van der Waals surface area (Å²) in [4.78, 5) is 4.17. The van der Waals surface area contributed by atoms with Gasteiger partial charge in [-0.2, -0.15) is 13.2 Å². The third kappa shape index (κ3) is 6.80. The molecule has 2 aromatic rings. The SMILES string of the molecule is CCNC(=NCc1ccc(O)c(F)c1)NCc1ccc(F)cc1C(F)(F)F.I. The highest BCUT2D eigenvalue weighted by molar-refractivity contribution is 14.0. The summed E-state index contributed by atoms with van der Waals surface area (Å²) in [6.07, 6.45) is -4.68. The van der Waals surface area contributed by atoms with Gasteiger partial charge in [-0.25, -0.2) is 13.8 Å². The number of phenols is 1. The van der Waals surface area contributed by atoms with Gasteiger partial charge in [0.15, 0.2) is 17.5 Å². The molecular weight excluding hydrogens is 496 g/mol. The van der Waals surface area contributed by atoms with Crippen molar-refractivity contribution in [3.63, 3.8) is 0 Å². The van der Waals surface area contributed by atoms with Crippen LogP contribution in [0.1, 0.15) is 23.6 Å². The molecule has 0 fully saturated rings. The van der Waals surface area contributed by atoms with Crippen LogP contribution < -0.4 is 10.6 Å². The molecule has 4 nitrogen and oxygen atoms in total. The molecule has 0 aliphatic carbocycles. The number of aliphatic imine (C=N–C) groups is 1. The minimum absolute atomic E-state index is 0. The first-order valence-electron chi connectivity index (χ1n) is 8.06. The normalized spacial score (nSPS) is 11.7. The predicted octanol–water partition coefficient (Wildman–Crippen LogP) is 4.56. The number of phenolic OH excluding ortho intramolecular Hbond substituents is 1. The van der Waals surface area contributed by atoms with Crippen molar-refractivity contribution in [2.45, 2.75) is 26.2 Å². The van der Waals surface area contributed by atoms with E-state index in [9.17, 15) is 27.1 Å². The first-order valence-corrected chi connectivity index (χ1v) is 8.06. The van der Waals surface area contributed by atoms with Crippen molar-refractivity contribution in [2.75, 3.05) is 6.54 Å². The topological polar surface area (TPSA) is 56.7 Å². The van der Waals surface area contributed by atoms with E-state index in [0.29, 0.717) is 18.2 Å². The van der Waals surface area contributed by atoms with E-state index in [1.807, 2.05) is 0 Å². The van der Waals surface area contributed by atoms with Crippen molar-refractivity contribution in [3.8, 4) is 5.75 Å². The van der Waals surface area contributed by atoms with Crippen LogP contribution in [-0.2, 0) is 19.3 Å². The molecule has 10 heteroatoms. The number of nitrogens with zero attached hydrogens (tertiary/aromatic N) is 1. The fourth-order valence-electron chi connectivity index (χ4n) is 2.31. The smallest absolute Gasteiger partial charge is 0.416 e. The maximum absolute atomic E-state index is 13.3. The van der Waals surface area contributed by atoms with Crippen molar-refractivity contribution in [3.05, 3.63) is 64.7 Å². The van der Waals surface area contributed by atoms with Crippen LogP contribution in [0, 0.1) is 11.6 Å². The molecule has 3 N–H and O–H groups in total. The van der Waals surface area contributed by atoms with Gasteiger partial charge in [-0.15, -0.1) is 24.0 Å². The molecule has 154 valence electrons. The Morgan fingerprint density at radius 2 is 1.79 bits per heavy atom. The van der Waals surface area contributed by atoms with Gasteiger partial charge < -0.3 is 15.7 Å². The third-order valence-electron chi connectivity index (χ3n) is 3.60. The molecule has 0 unspecified atom stereocenters. The number of halogens is 6. The second-order valence-electron chi connectivity index (χ2n) is 5.63. The Morgan fingerprint density at radius 1 is 1.07 bits per heavy atom. The van der Waals surface area contributed by atoms with E-state index in [-0.39, 0.29) is 48.6 Å². The Morgan fingerprint density at radius 3 is 2.39 bits per heavy atom. The van der Waals surface area contributed by atoms with Crippen molar-refractivity contribution >= 4 is 29.9 Å². The molecule has 0 saturated carbocycles. The van der Waals surface area contributed by atoms with Gasteiger partial charge in [0, 0.05) is 13.1 Å². The molecule has 28 heavy (non-hydrogen) atoms. The van der Waals surface area contributed by atoms with Gasteiger partial charge in [-0.1, -0.05) is 12.1 Å². The fraction of sp³-hybridized carbons (Fsp3) is 0.278. The molecule has 0 heterocycles. The Balaban J connectivity index is 0.00000392. The summed E-state index contributed by atoms with van der Waals surface area (Å²) in [7, 11) is 0. The van der Waals surface area contributed by atoms with Crippen molar-refractivity contribution in [2.24, 2.45) is 4.99 Å². The zero-order valence-electron chi connectivity index (χ0n) is 14.8. The fourth-order valence-corrected chi connectivity index (χ4v) is 2.31. The summed E-state index contributed by atoms with van der Waals surface area (Å²) >= 11 is 0. The lowest BCUT2D eigenvalue weighted by atomic mass is 10.1. The third-order valence-corrected chi connectivity index (χ3v) is 3.60. The van der Waals surface area contributed by atoms with Gasteiger partial charge in [0.2, 0.25) is 0 Å². The number of hydrogen-bond donors (Lipinski definition) is 3. The first kappa shape index (κ1) is 23.9. The van der Waals surface area contributed by atoms with Crippen LogP contribution in [0.15, 0.2) is 41.4 Å². The lowest BCUT2D eigenvalue weighted by molar-refractivity contribution is -0.138. The Bertz CT molecular complexity index is 827. The molecule has 0 aliphatic rings.